The quantitative estimate of drug-likeness (QED) is 0.177. The molecule has 13 nitrogen and oxygen atoms in total. The molecule has 2 heterocycles. The number of aliphatic hydroxyl groups excluding tert-OH is 7. The predicted octanol–water partition coefficient (Wildman–Crippen LogP) is -3.20. The molecule has 0 saturated carbocycles. The minimum atomic E-state index is -1.70. The third kappa shape index (κ3) is 5.72. The van der Waals surface area contributed by atoms with Crippen molar-refractivity contribution in [2.75, 3.05) is 13.2 Å². The second-order valence-corrected chi connectivity index (χ2v) is 8.13. The number of hydrogen-bond acceptors (Lipinski definition) is 13. The Bertz CT molecular complexity index is 778. The summed E-state index contributed by atoms with van der Waals surface area (Å²) in [7, 11) is 0. The Morgan fingerprint density at radius 1 is 0.788 bits per heavy atom. The van der Waals surface area contributed by atoms with Crippen LogP contribution in [0.1, 0.15) is 18.6 Å². The smallest absolute Gasteiger partial charge is 0.186 e. The Labute approximate surface area is 188 Å². The molecule has 2 saturated heterocycles. The second kappa shape index (κ2) is 10.8. The minimum absolute atomic E-state index is 0.203. The average molecular weight is 478 g/mol. The lowest BCUT2D eigenvalue weighted by Gasteiger charge is -2.42. The molecule has 33 heavy (non-hydrogen) atoms. The van der Waals surface area contributed by atoms with E-state index in [9.17, 15) is 46.0 Å². The monoisotopic (exact) mass is 478 g/mol. The van der Waals surface area contributed by atoms with Gasteiger partial charge in [0.25, 0.3) is 0 Å². The van der Waals surface area contributed by atoms with Gasteiger partial charge in [0.05, 0.1) is 19.3 Å². The van der Waals surface area contributed by atoms with Gasteiger partial charge in [-0.3, -0.25) is 0 Å². The molecule has 1 unspecified atom stereocenters. The molecule has 0 amide bonds. The maximum Gasteiger partial charge on any atom is 0.186 e. The van der Waals surface area contributed by atoms with Crippen molar-refractivity contribution in [3.05, 3.63) is 23.8 Å². The molecule has 11 atom stereocenters. The van der Waals surface area contributed by atoms with E-state index in [0.717, 1.165) is 6.07 Å². The van der Waals surface area contributed by atoms with E-state index >= 15 is 0 Å². The molecule has 13 heteroatoms. The second-order valence-electron chi connectivity index (χ2n) is 8.13. The van der Waals surface area contributed by atoms with Crippen molar-refractivity contribution in [2.24, 2.45) is 0 Å². The summed E-state index contributed by atoms with van der Waals surface area (Å²) in [6, 6.07) is 3.64. The van der Waals surface area contributed by atoms with Gasteiger partial charge >= 0.3 is 0 Å². The molecular weight excluding hydrogens is 448 g/mol. The lowest BCUT2D eigenvalue weighted by atomic mass is 9.98. The molecule has 0 aromatic heterocycles. The van der Waals surface area contributed by atoms with Gasteiger partial charge in [0.15, 0.2) is 24.1 Å². The van der Waals surface area contributed by atoms with Crippen LogP contribution < -0.4 is 0 Å². The number of ether oxygens (including phenoxy) is 4. The fraction of sp³-hybridized carbons (Fsp3) is 0.700. The van der Waals surface area contributed by atoms with Gasteiger partial charge in [-0.1, -0.05) is 6.07 Å². The van der Waals surface area contributed by atoms with Crippen molar-refractivity contribution >= 4 is 0 Å². The zero-order chi connectivity index (χ0) is 24.4. The first-order valence-electron chi connectivity index (χ1n) is 10.3. The number of aromatic hydroxyl groups is 2. The first-order chi connectivity index (χ1) is 15.5. The Kier molecular flexibility index (Phi) is 8.47. The standard InChI is InChI=1S/C20H30O13/c1-7-13(24)15(26)17(28)19(32-7)31-6-12-14(25)16(27)18(29)20(33-12)30-5-11(23)8-2-3-9(21)10(22)4-8/h2-4,7,11-29H,5-6H2,1H3/t7-,11?,12-,13+,14-,15-,16-,17-,18-,19-,20-/m1/s1. The fourth-order valence-electron chi connectivity index (χ4n) is 3.56. The van der Waals surface area contributed by atoms with Gasteiger partial charge in [-0.25, -0.2) is 0 Å². The van der Waals surface area contributed by atoms with Crippen LogP contribution in [-0.4, -0.2) is 121 Å². The predicted molar refractivity (Wildman–Crippen MR) is 106 cm³/mol. The van der Waals surface area contributed by atoms with Crippen molar-refractivity contribution in [3.63, 3.8) is 0 Å². The number of phenolic OH excluding ortho intramolecular Hbond substituents is 2. The lowest BCUT2D eigenvalue weighted by Crippen LogP contribution is -2.61. The highest BCUT2D eigenvalue weighted by molar-refractivity contribution is 5.41. The molecule has 1 aromatic rings. The number of aliphatic hydroxyl groups is 7. The number of phenols is 2. The van der Waals surface area contributed by atoms with E-state index in [1.54, 1.807) is 0 Å². The Morgan fingerprint density at radius 2 is 1.39 bits per heavy atom. The van der Waals surface area contributed by atoms with Crippen molar-refractivity contribution in [1.82, 2.24) is 0 Å². The van der Waals surface area contributed by atoms with Crippen molar-refractivity contribution < 1.29 is 64.9 Å². The summed E-state index contributed by atoms with van der Waals surface area (Å²) in [5.41, 5.74) is 0.203. The normalized spacial score (nSPS) is 40.5. The summed E-state index contributed by atoms with van der Waals surface area (Å²) in [4.78, 5) is 0. The zero-order valence-electron chi connectivity index (χ0n) is 17.7. The van der Waals surface area contributed by atoms with E-state index in [2.05, 4.69) is 0 Å². The van der Waals surface area contributed by atoms with Crippen LogP contribution in [0.15, 0.2) is 18.2 Å². The first kappa shape index (κ1) is 26.0. The SMILES string of the molecule is C[C@H]1O[C@@H](OC[C@H]2O[C@@H](OCC(O)c3ccc(O)c(O)c3)[C@H](O)[C@H](O)[C@@H]2O)[C@H](O)[C@H](O)[C@H]1O. The van der Waals surface area contributed by atoms with Gasteiger partial charge < -0.3 is 64.9 Å². The summed E-state index contributed by atoms with van der Waals surface area (Å²) in [5, 5.41) is 89.3. The summed E-state index contributed by atoms with van der Waals surface area (Å²) >= 11 is 0. The number of rotatable bonds is 7. The van der Waals surface area contributed by atoms with E-state index in [1.165, 1.54) is 19.1 Å². The summed E-state index contributed by atoms with van der Waals surface area (Å²) < 4.78 is 21.5. The van der Waals surface area contributed by atoms with E-state index in [0.29, 0.717) is 0 Å². The maximum atomic E-state index is 10.2. The molecule has 3 rings (SSSR count). The molecule has 0 aliphatic carbocycles. The highest BCUT2D eigenvalue weighted by atomic mass is 16.7. The molecule has 0 bridgehead atoms. The first-order valence-corrected chi connectivity index (χ1v) is 10.3. The Hall–Kier alpha value is -1.62. The molecule has 9 N–H and O–H groups in total. The van der Waals surface area contributed by atoms with Crippen molar-refractivity contribution in [2.45, 2.75) is 74.4 Å². The molecule has 2 fully saturated rings. The van der Waals surface area contributed by atoms with Crippen LogP contribution in [0, 0.1) is 0 Å². The van der Waals surface area contributed by atoms with Gasteiger partial charge in [-0.05, 0) is 24.6 Å². The molecule has 188 valence electrons. The van der Waals surface area contributed by atoms with E-state index in [4.69, 9.17) is 18.9 Å². The Morgan fingerprint density at radius 3 is 2.03 bits per heavy atom. The van der Waals surface area contributed by atoms with Gasteiger partial charge in [0, 0.05) is 0 Å². The highest BCUT2D eigenvalue weighted by Crippen LogP contribution is 2.29. The molecule has 2 aliphatic rings. The van der Waals surface area contributed by atoms with Gasteiger partial charge in [0.2, 0.25) is 0 Å². The van der Waals surface area contributed by atoms with E-state index < -0.39 is 86.5 Å². The van der Waals surface area contributed by atoms with Crippen LogP contribution in [0.5, 0.6) is 11.5 Å². The summed E-state index contributed by atoms with van der Waals surface area (Å²) in [6.07, 6.45) is -15.7. The summed E-state index contributed by atoms with van der Waals surface area (Å²) in [6.45, 7) is 0.579. The molecule has 0 radical (unpaired) electrons. The fourth-order valence-corrected chi connectivity index (χ4v) is 3.56. The topological polar surface area (TPSA) is 219 Å². The minimum Gasteiger partial charge on any atom is -0.504 e. The van der Waals surface area contributed by atoms with Gasteiger partial charge in [-0.15, -0.1) is 0 Å². The third-order valence-corrected chi connectivity index (χ3v) is 5.70. The van der Waals surface area contributed by atoms with Crippen LogP contribution >= 0.6 is 0 Å². The van der Waals surface area contributed by atoms with Crippen LogP contribution in [0.25, 0.3) is 0 Å². The molecule has 1 aromatic carbocycles. The van der Waals surface area contributed by atoms with E-state index in [-0.39, 0.29) is 11.3 Å². The maximum absolute atomic E-state index is 10.2. The lowest BCUT2D eigenvalue weighted by molar-refractivity contribution is -0.329. The summed E-state index contributed by atoms with van der Waals surface area (Å²) in [5.74, 6) is -0.823. The number of benzene rings is 1. The van der Waals surface area contributed by atoms with Gasteiger partial charge in [0.1, 0.15) is 48.8 Å². The van der Waals surface area contributed by atoms with Crippen LogP contribution in [0.2, 0.25) is 0 Å². The van der Waals surface area contributed by atoms with E-state index in [1.807, 2.05) is 0 Å². The van der Waals surface area contributed by atoms with Crippen LogP contribution in [-0.2, 0) is 18.9 Å². The van der Waals surface area contributed by atoms with Gasteiger partial charge in [-0.2, -0.15) is 0 Å². The molecule has 2 aliphatic heterocycles. The third-order valence-electron chi connectivity index (χ3n) is 5.70. The van der Waals surface area contributed by atoms with Crippen LogP contribution in [0.3, 0.4) is 0 Å². The van der Waals surface area contributed by atoms with Crippen molar-refractivity contribution in [3.8, 4) is 11.5 Å². The molecule has 0 spiro atoms. The Balaban J connectivity index is 1.58. The highest BCUT2D eigenvalue weighted by Gasteiger charge is 2.47. The average Bonchev–Trinajstić information content (AvgIpc) is 2.79. The largest absolute Gasteiger partial charge is 0.504 e. The zero-order valence-corrected chi connectivity index (χ0v) is 17.7. The molecular formula is C20H30O13. The van der Waals surface area contributed by atoms with Crippen molar-refractivity contribution in [1.29, 1.82) is 0 Å². The van der Waals surface area contributed by atoms with Crippen LogP contribution in [0.4, 0.5) is 0 Å². The number of hydrogen-bond donors (Lipinski definition) is 9.